The van der Waals surface area contributed by atoms with E-state index in [1.807, 2.05) is 31.2 Å². The molecule has 3 rings (SSSR count). The Morgan fingerprint density at radius 2 is 1.77 bits per heavy atom. The van der Waals surface area contributed by atoms with Crippen molar-refractivity contribution in [3.05, 3.63) is 88.4 Å². The predicted molar refractivity (Wildman–Crippen MR) is 138 cm³/mol. The molecule has 0 saturated heterocycles. The standard InChI is InChI=1S/C25H26ClN3O5S/c1-18-4-6-20(7-5-18)17-34-22-11-8-19(9-12-22)15-27-28-25(30)16-29(35(3,31)32)21-10-13-24(33-2)23(26)14-21/h4-15H,16-17H2,1-3H3,(H,28,30)/b27-15-. The number of amides is 1. The summed E-state index contributed by atoms with van der Waals surface area (Å²) in [5.41, 5.74) is 5.57. The van der Waals surface area contributed by atoms with E-state index >= 15 is 0 Å². The molecule has 0 saturated carbocycles. The highest BCUT2D eigenvalue weighted by atomic mass is 35.5. The molecule has 3 aromatic carbocycles. The topological polar surface area (TPSA) is 97.3 Å². The van der Waals surface area contributed by atoms with E-state index in [1.54, 1.807) is 24.3 Å². The van der Waals surface area contributed by atoms with Gasteiger partial charge in [0, 0.05) is 0 Å². The highest BCUT2D eigenvalue weighted by molar-refractivity contribution is 7.92. The molecule has 0 radical (unpaired) electrons. The van der Waals surface area contributed by atoms with Gasteiger partial charge in [0.25, 0.3) is 5.91 Å². The van der Waals surface area contributed by atoms with E-state index in [0.29, 0.717) is 18.1 Å². The zero-order valence-electron chi connectivity index (χ0n) is 19.6. The molecule has 184 valence electrons. The molecule has 0 aliphatic rings. The average molecular weight is 516 g/mol. The smallest absolute Gasteiger partial charge is 0.260 e. The maximum atomic E-state index is 12.4. The second-order valence-electron chi connectivity index (χ2n) is 7.72. The number of hydrazone groups is 1. The first-order valence-corrected chi connectivity index (χ1v) is 12.8. The lowest BCUT2D eigenvalue weighted by atomic mass is 10.2. The summed E-state index contributed by atoms with van der Waals surface area (Å²) in [4.78, 5) is 12.4. The number of sulfonamides is 1. The van der Waals surface area contributed by atoms with Gasteiger partial charge < -0.3 is 9.47 Å². The minimum atomic E-state index is -3.75. The Kier molecular flexibility index (Phi) is 8.73. The number of hydrogen-bond donors (Lipinski definition) is 1. The molecule has 0 unspecified atom stereocenters. The molecule has 3 aromatic rings. The van der Waals surface area contributed by atoms with Crippen LogP contribution in [0.1, 0.15) is 16.7 Å². The second kappa shape index (κ2) is 11.7. The van der Waals surface area contributed by atoms with Crippen LogP contribution in [-0.2, 0) is 21.4 Å². The number of nitrogens with zero attached hydrogens (tertiary/aromatic N) is 2. The van der Waals surface area contributed by atoms with Gasteiger partial charge in [0.2, 0.25) is 10.0 Å². The van der Waals surface area contributed by atoms with E-state index in [1.165, 1.54) is 37.1 Å². The number of methoxy groups -OCH3 is 1. The zero-order chi connectivity index (χ0) is 25.4. The molecule has 0 fully saturated rings. The summed E-state index contributed by atoms with van der Waals surface area (Å²) in [5, 5.41) is 4.14. The number of halogens is 1. The number of carbonyl (C=O) groups excluding carboxylic acids is 1. The summed E-state index contributed by atoms with van der Waals surface area (Å²) in [6.07, 6.45) is 2.46. The predicted octanol–water partition coefficient (Wildman–Crippen LogP) is 4.15. The van der Waals surface area contributed by atoms with Crippen molar-refractivity contribution >= 4 is 39.4 Å². The monoisotopic (exact) mass is 515 g/mol. The van der Waals surface area contributed by atoms with Crippen molar-refractivity contribution in [3.8, 4) is 11.5 Å². The van der Waals surface area contributed by atoms with Crippen LogP contribution < -0.4 is 19.2 Å². The fourth-order valence-corrected chi connectivity index (χ4v) is 4.16. The van der Waals surface area contributed by atoms with E-state index < -0.39 is 22.5 Å². The molecule has 0 bridgehead atoms. The van der Waals surface area contributed by atoms with Crippen LogP contribution in [0.5, 0.6) is 11.5 Å². The Hall–Kier alpha value is -3.56. The molecule has 0 atom stereocenters. The number of rotatable bonds is 10. The number of carbonyl (C=O) groups is 1. The summed E-state index contributed by atoms with van der Waals surface area (Å²) < 4.78 is 36.3. The van der Waals surface area contributed by atoms with Crippen LogP contribution in [0.15, 0.2) is 71.8 Å². The molecule has 0 heterocycles. The van der Waals surface area contributed by atoms with Crippen LogP contribution >= 0.6 is 11.6 Å². The Balaban J connectivity index is 1.56. The molecule has 0 aromatic heterocycles. The number of benzene rings is 3. The number of nitrogens with one attached hydrogen (secondary N) is 1. The highest BCUT2D eigenvalue weighted by Crippen LogP contribution is 2.30. The summed E-state index contributed by atoms with van der Waals surface area (Å²) >= 11 is 6.10. The van der Waals surface area contributed by atoms with Gasteiger partial charge in [0.1, 0.15) is 24.7 Å². The van der Waals surface area contributed by atoms with Gasteiger partial charge in [0.05, 0.1) is 30.3 Å². The quantitative estimate of drug-likeness (QED) is 0.323. The van der Waals surface area contributed by atoms with Crippen molar-refractivity contribution in [2.75, 3.05) is 24.2 Å². The van der Waals surface area contributed by atoms with Crippen molar-refractivity contribution in [1.82, 2.24) is 5.43 Å². The third-order valence-corrected chi connectivity index (χ3v) is 6.36. The van der Waals surface area contributed by atoms with E-state index in [-0.39, 0.29) is 10.7 Å². The summed E-state index contributed by atoms with van der Waals surface area (Å²) in [6, 6.07) is 19.8. The largest absolute Gasteiger partial charge is 0.495 e. The third-order valence-electron chi connectivity index (χ3n) is 4.92. The van der Waals surface area contributed by atoms with Crippen LogP contribution in [0.4, 0.5) is 5.69 Å². The maximum absolute atomic E-state index is 12.4. The van der Waals surface area contributed by atoms with Crippen LogP contribution in [0.25, 0.3) is 0 Å². The van der Waals surface area contributed by atoms with Crippen LogP contribution in [0.2, 0.25) is 5.02 Å². The second-order valence-corrected chi connectivity index (χ2v) is 10.0. The molecule has 1 amide bonds. The highest BCUT2D eigenvalue weighted by Gasteiger charge is 2.21. The lowest BCUT2D eigenvalue weighted by Crippen LogP contribution is -2.39. The zero-order valence-corrected chi connectivity index (χ0v) is 21.1. The van der Waals surface area contributed by atoms with Crippen molar-refractivity contribution in [3.63, 3.8) is 0 Å². The summed E-state index contributed by atoms with van der Waals surface area (Å²) in [5.74, 6) is 0.481. The minimum Gasteiger partial charge on any atom is -0.495 e. The van der Waals surface area contributed by atoms with Crippen LogP contribution in [0.3, 0.4) is 0 Å². The summed E-state index contributed by atoms with van der Waals surface area (Å²) in [6.45, 7) is 2.02. The van der Waals surface area contributed by atoms with Crippen molar-refractivity contribution in [2.45, 2.75) is 13.5 Å². The Morgan fingerprint density at radius 1 is 1.09 bits per heavy atom. The molecule has 0 aliphatic carbocycles. The SMILES string of the molecule is COc1ccc(N(CC(=O)N/N=C\c2ccc(OCc3ccc(C)cc3)cc2)S(C)(=O)=O)cc1Cl. The average Bonchev–Trinajstić information content (AvgIpc) is 2.82. The lowest BCUT2D eigenvalue weighted by Gasteiger charge is -2.21. The number of ether oxygens (including phenoxy) is 2. The molecule has 0 aliphatic heterocycles. The van der Waals surface area contributed by atoms with Gasteiger partial charge in [-0.2, -0.15) is 5.10 Å². The summed E-state index contributed by atoms with van der Waals surface area (Å²) in [7, 11) is -2.30. The molecule has 1 N–H and O–H groups in total. The maximum Gasteiger partial charge on any atom is 0.260 e. The molecular formula is C25H26ClN3O5S. The van der Waals surface area contributed by atoms with Crippen molar-refractivity contribution in [2.24, 2.45) is 5.10 Å². The fraction of sp³-hybridized carbons (Fsp3) is 0.200. The van der Waals surface area contributed by atoms with Crippen molar-refractivity contribution in [1.29, 1.82) is 0 Å². The Labute approximate surface area is 210 Å². The van der Waals surface area contributed by atoms with E-state index in [2.05, 4.69) is 10.5 Å². The van der Waals surface area contributed by atoms with Crippen molar-refractivity contribution < 1.29 is 22.7 Å². The van der Waals surface area contributed by atoms with Gasteiger partial charge in [-0.15, -0.1) is 0 Å². The minimum absolute atomic E-state index is 0.225. The molecule has 0 spiro atoms. The number of hydrogen-bond acceptors (Lipinski definition) is 6. The van der Waals surface area contributed by atoms with E-state index in [9.17, 15) is 13.2 Å². The van der Waals surface area contributed by atoms with Gasteiger partial charge in [0.15, 0.2) is 0 Å². The van der Waals surface area contributed by atoms with Gasteiger partial charge >= 0.3 is 0 Å². The number of anilines is 1. The third kappa shape index (κ3) is 7.73. The van der Waals surface area contributed by atoms with Gasteiger partial charge in [-0.05, 0) is 60.5 Å². The molecular weight excluding hydrogens is 490 g/mol. The Bertz CT molecular complexity index is 1290. The molecule has 8 nitrogen and oxygen atoms in total. The molecule has 10 heteroatoms. The first-order chi connectivity index (χ1) is 16.7. The fourth-order valence-electron chi connectivity index (χ4n) is 3.06. The first kappa shape index (κ1) is 26.1. The number of aryl methyl sites for hydroxylation is 1. The Morgan fingerprint density at radius 3 is 2.37 bits per heavy atom. The first-order valence-electron chi connectivity index (χ1n) is 10.6. The van der Waals surface area contributed by atoms with Crippen LogP contribution in [0, 0.1) is 6.92 Å². The van der Waals surface area contributed by atoms with Gasteiger partial charge in [-0.1, -0.05) is 41.4 Å². The van der Waals surface area contributed by atoms with Gasteiger partial charge in [-0.3, -0.25) is 9.10 Å². The lowest BCUT2D eigenvalue weighted by molar-refractivity contribution is -0.119. The van der Waals surface area contributed by atoms with E-state index in [0.717, 1.165) is 21.7 Å². The van der Waals surface area contributed by atoms with Crippen LogP contribution in [-0.4, -0.2) is 40.4 Å². The molecule has 35 heavy (non-hydrogen) atoms. The normalized spacial score (nSPS) is 11.3. The van der Waals surface area contributed by atoms with Gasteiger partial charge in [-0.25, -0.2) is 13.8 Å². The van der Waals surface area contributed by atoms with E-state index in [4.69, 9.17) is 21.1 Å².